The Morgan fingerprint density at radius 3 is 2.65 bits per heavy atom. The van der Waals surface area contributed by atoms with Crippen LogP contribution >= 0.6 is 11.6 Å². The van der Waals surface area contributed by atoms with E-state index in [0.717, 1.165) is 36.9 Å². The molecule has 0 aliphatic carbocycles. The third kappa shape index (κ3) is 7.01. The van der Waals surface area contributed by atoms with E-state index in [1.54, 1.807) is 35.4 Å². The van der Waals surface area contributed by atoms with Crippen molar-refractivity contribution in [1.82, 2.24) is 25.5 Å². The summed E-state index contributed by atoms with van der Waals surface area (Å²) in [5.74, 6) is -0.919. The number of pyridine rings is 1. The van der Waals surface area contributed by atoms with E-state index in [0.29, 0.717) is 29.5 Å². The lowest BCUT2D eigenvalue weighted by molar-refractivity contribution is -0.133. The number of aromatic nitrogens is 2. The Morgan fingerprint density at radius 1 is 1.18 bits per heavy atom. The number of fused-ring (bicyclic) bond motifs is 1. The van der Waals surface area contributed by atoms with Gasteiger partial charge in [0, 0.05) is 24.9 Å². The van der Waals surface area contributed by atoms with Crippen molar-refractivity contribution in [3.63, 3.8) is 0 Å². The molecule has 2 amide bonds. The molecule has 0 aliphatic heterocycles. The molecule has 0 fully saturated rings. The van der Waals surface area contributed by atoms with Crippen LogP contribution in [0.2, 0.25) is 5.15 Å². The molecule has 0 unspecified atom stereocenters. The van der Waals surface area contributed by atoms with E-state index >= 15 is 0 Å². The molecule has 1 atom stereocenters. The molecule has 1 aromatic carbocycles. The Hall–Kier alpha value is -2.97. The third-order valence-corrected chi connectivity index (χ3v) is 5.85. The van der Waals surface area contributed by atoms with Crippen LogP contribution in [0, 0.1) is 5.82 Å². The average molecular weight is 488 g/mol. The first-order valence-electron chi connectivity index (χ1n) is 11.6. The number of rotatable bonds is 12. The fourth-order valence-electron chi connectivity index (χ4n) is 3.79. The van der Waals surface area contributed by atoms with Crippen molar-refractivity contribution in [2.75, 3.05) is 26.2 Å². The number of benzene rings is 1. The molecule has 0 spiro atoms. The summed E-state index contributed by atoms with van der Waals surface area (Å²) in [6.07, 6.45) is 3.63. The van der Waals surface area contributed by atoms with Crippen molar-refractivity contribution in [3.8, 4) is 0 Å². The lowest BCUT2D eigenvalue weighted by Gasteiger charge is -2.27. The van der Waals surface area contributed by atoms with Crippen molar-refractivity contribution >= 4 is 34.3 Å². The average Bonchev–Trinajstić information content (AvgIpc) is 3.25. The minimum atomic E-state index is -0.792. The summed E-state index contributed by atoms with van der Waals surface area (Å²) in [5.41, 5.74) is 1.74. The second-order valence-corrected chi connectivity index (χ2v) is 8.50. The Bertz CT molecular complexity index is 1100. The van der Waals surface area contributed by atoms with Gasteiger partial charge in [-0.1, -0.05) is 30.7 Å². The molecule has 0 aliphatic rings. The number of likely N-dealkylation sites (N-methyl/N-ethyl adjacent to an activating group) is 1. The summed E-state index contributed by atoms with van der Waals surface area (Å²) in [6, 6.07) is 8.51. The molecule has 2 heterocycles. The summed E-state index contributed by atoms with van der Waals surface area (Å²) in [5, 5.41) is 7.24. The van der Waals surface area contributed by atoms with Crippen molar-refractivity contribution in [3.05, 3.63) is 64.8 Å². The van der Waals surface area contributed by atoms with E-state index in [1.165, 1.54) is 12.1 Å². The zero-order valence-corrected chi connectivity index (χ0v) is 20.3. The van der Waals surface area contributed by atoms with Gasteiger partial charge in [-0.2, -0.15) is 0 Å². The summed E-state index contributed by atoms with van der Waals surface area (Å²) in [7, 11) is 0. The van der Waals surface area contributed by atoms with Crippen LogP contribution in [0.15, 0.2) is 42.6 Å². The number of hydrogen-bond donors (Lipinski definition) is 3. The summed E-state index contributed by atoms with van der Waals surface area (Å²) >= 11 is 5.95. The molecule has 3 N–H and O–H groups in total. The minimum absolute atomic E-state index is 0.163. The van der Waals surface area contributed by atoms with Crippen LogP contribution in [0.25, 0.3) is 10.9 Å². The highest BCUT2D eigenvalue weighted by Crippen LogP contribution is 2.18. The SMILES string of the molecule is CCNCCCCN(CC)C(=O)[C@H](Cc1ccc(F)cc1)NC(=O)c1cc2cc(Cl)ncc2[nH]1. The van der Waals surface area contributed by atoms with Gasteiger partial charge in [0.05, 0.1) is 11.7 Å². The normalized spacial score (nSPS) is 12.0. The van der Waals surface area contributed by atoms with E-state index in [9.17, 15) is 14.0 Å². The van der Waals surface area contributed by atoms with Gasteiger partial charge in [-0.05, 0) is 62.7 Å². The van der Waals surface area contributed by atoms with Crippen molar-refractivity contribution in [1.29, 1.82) is 0 Å². The van der Waals surface area contributed by atoms with Gasteiger partial charge in [-0.3, -0.25) is 9.59 Å². The highest BCUT2D eigenvalue weighted by molar-refractivity contribution is 6.30. The molecule has 0 saturated carbocycles. The van der Waals surface area contributed by atoms with Crippen LogP contribution in [0.5, 0.6) is 0 Å². The quantitative estimate of drug-likeness (QED) is 0.267. The number of carbonyl (C=O) groups is 2. The van der Waals surface area contributed by atoms with Gasteiger partial charge in [0.1, 0.15) is 22.7 Å². The van der Waals surface area contributed by atoms with Gasteiger partial charge in [0.15, 0.2) is 0 Å². The van der Waals surface area contributed by atoms with Crippen LogP contribution in [-0.2, 0) is 11.2 Å². The van der Waals surface area contributed by atoms with Gasteiger partial charge >= 0.3 is 0 Å². The zero-order chi connectivity index (χ0) is 24.5. The maximum absolute atomic E-state index is 13.4. The monoisotopic (exact) mass is 487 g/mol. The highest BCUT2D eigenvalue weighted by Gasteiger charge is 2.26. The zero-order valence-electron chi connectivity index (χ0n) is 19.5. The molecule has 3 rings (SSSR count). The van der Waals surface area contributed by atoms with Gasteiger partial charge in [0.2, 0.25) is 5.91 Å². The highest BCUT2D eigenvalue weighted by atomic mass is 35.5. The van der Waals surface area contributed by atoms with E-state index < -0.39 is 11.9 Å². The molecule has 2 aromatic heterocycles. The van der Waals surface area contributed by atoms with Gasteiger partial charge in [0.25, 0.3) is 5.91 Å². The Kier molecular flexibility index (Phi) is 9.42. The van der Waals surface area contributed by atoms with Crippen molar-refractivity contribution in [2.45, 2.75) is 39.2 Å². The number of unbranched alkanes of at least 4 members (excludes halogenated alkanes) is 1. The fourth-order valence-corrected chi connectivity index (χ4v) is 3.96. The van der Waals surface area contributed by atoms with Crippen LogP contribution in [0.4, 0.5) is 4.39 Å². The van der Waals surface area contributed by atoms with Crippen LogP contribution in [-0.4, -0.2) is 58.9 Å². The van der Waals surface area contributed by atoms with E-state index in [1.807, 2.05) is 6.92 Å². The Labute approximate surface area is 204 Å². The minimum Gasteiger partial charge on any atom is -0.349 e. The smallest absolute Gasteiger partial charge is 0.268 e. The van der Waals surface area contributed by atoms with Gasteiger partial charge < -0.3 is 20.5 Å². The van der Waals surface area contributed by atoms with E-state index in [4.69, 9.17) is 11.6 Å². The first-order valence-corrected chi connectivity index (χ1v) is 12.0. The Morgan fingerprint density at radius 2 is 1.94 bits per heavy atom. The molecular formula is C25H31ClFN5O2. The number of nitrogens with one attached hydrogen (secondary N) is 3. The Balaban J connectivity index is 1.76. The molecule has 182 valence electrons. The molecular weight excluding hydrogens is 457 g/mol. The molecule has 0 bridgehead atoms. The van der Waals surface area contributed by atoms with Crippen LogP contribution in [0.3, 0.4) is 0 Å². The molecule has 0 saturated heterocycles. The number of amides is 2. The summed E-state index contributed by atoms with van der Waals surface area (Å²) in [4.78, 5) is 35.3. The summed E-state index contributed by atoms with van der Waals surface area (Å²) < 4.78 is 13.4. The number of H-pyrrole nitrogens is 1. The first kappa shape index (κ1) is 25.6. The number of carbonyl (C=O) groups excluding carboxylic acids is 2. The largest absolute Gasteiger partial charge is 0.349 e. The van der Waals surface area contributed by atoms with Crippen molar-refractivity contribution < 1.29 is 14.0 Å². The standard InChI is InChI=1S/C25H31ClFN5O2/c1-3-28-11-5-6-12-32(4-2)25(34)21(13-17-7-9-19(27)10-8-17)31-24(33)20-14-18-15-23(26)29-16-22(18)30-20/h7-10,14-16,21,28,30H,3-6,11-13H2,1-2H3,(H,31,33)/t21-/m0/s1. The fraction of sp³-hybridized carbons (Fsp3) is 0.400. The lowest BCUT2D eigenvalue weighted by Crippen LogP contribution is -2.50. The lowest BCUT2D eigenvalue weighted by atomic mass is 10.0. The number of aromatic amines is 1. The summed E-state index contributed by atoms with van der Waals surface area (Å²) in [6.45, 7) is 6.94. The van der Waals surface area contributed by atoms with E-state index in [2.05, 4.69) is 27.5 Å². The van der Waals surface area contributed by atoms with Gasteiger partial charge in [-0.15, -0.1) is 0 Å². The first-order chi connectivity index (χ1) is 16.4. The molecule has 7 nitrogen and oxygen atoms in total. The molecule has 34 heavy (non-hydrogen) atoms. The van der Waals surface area contributed by atoms with E-state index in [-0.39, 0.29) is 18.1 Å². The molecule has 0 radical (unpaired) electrons. The predicted octanol–water partition coefficient (Wildman–Crippen LogP) is 3.93. The van der Waals surface area contributed by atoms with Gasteiger partial charge in [-0.25, -0.2) is 9.37 Å². The predicted molar refractivity (Wildman–Crippen MR) is 132 cm³/mol. The topological polar surface area (TPSA) is 90.1 Å². The second-order valence-electron chi connectivity index (χ2n) is 8.11. The second kappa shape index (κ2) is 12.5. The number of hydrogen-bond acceptors (Lipinski definition) is 4. The number of halogens is 2. The van der Waals surface area contributed by atoms with Crippen LogP contribution < -0.4 is 10.6 Å². The maximum Gasteiger partial charge on any atom is 0.268 e. The van der Waals surface area contributed by atoms with Crippen LogP contribution in [0.1, 0.15) is 42.7 Å². The molecule has 9 heteroatoms. The van der Waals surface area contributed by atoms with Crippen molar-refractivity contribution in [2.24, 2.45) is 0 Å². The molecule has 3 aromatic rings. The third-order valence-electron chi connectivity index (χ3n) is 5.65. The number of nitrogens with zero attached hydrogens (tertiary/aromatic N) is 2. The maximum atomic E-state index is 13.4.